The van der Waals surface area contributed by atoms with E-state index in [4.69, 9.17) is 5.73 Å². The van der Waals surface area contributed by atoms with Gasteiger partial charge in [0.25, 0.3) is 5.91 Å². The van der Waals surface area contributed by atoms with Gasteiger partial charge in [-0.3, -0.25) is 9.59 Å². The molecular weight excluding hydrogens is 381 g/mol. The molecule has 6 heteroatoms. The first-order valence-corrected chi connectivity index (χ1v) is 10.7. The standard InChI is InChI=1S/C24H30FN3O2/c25-21-11-5-10-20(16-21)24(30)28(14-6-13-26)17-18-7-4-12-22(15-18)27-23(29)19-8-2-1-3-9-19/h4-5,7,10-12,15-16,19H,1-3,6,8-9,13-14,17,26H2,(H,27,29). The molecule has 0 aliphatic heterocycles. The number of carbonyl (C=O) groups is 2. The molecule has 3 N–H and O–H groups in total. The Labute approximate surface area is 177 Å². The van der Waals surface area contributed by atoms with Crippen molar-refractivity contribution in [2.75, 3.05) is 18.4 Å². The second kappa shape index (κ2) is 10.9. The lowest BCUT2D eigenvalue weighted by Crippen LogP contribution is -2.32. The summed E-state index contributed by atoms with van der Waals surface area (Å²) in [5.41, 5.74) is 7.59. The van der Waals surface area contributed by atoms with Gasteiger partial charge in [0.2, 0.25) is 5.91 Å². The van der Waals surface area contributed by atoms with E-state index in [1.807, 2.05) is 24.3 Å². The molecular formula is C24H30FN3O2. The second-order valence-electron chi connectivity index (χ2n) is 7.90. The molecule has 3 rings (SSSR count). The first-order chi connectivity index (χ1) is 14.6. The maximum Gasteiger partial charge on any atom is 0.254 e. The quantitative estimate of drug-likeness (QED) is 0.679. The van der Waals surface area contributed by atoms with Gasteiger partial charge in [-0.1, -0.05) is 37.5 Å². The average molecular weight is 412 g/mol. The van der Waals surface area contributed by atoms with Crippen LogP contribution in [0.25, 0.3) is 0 Å². The largest absolute Gasteiger partial charge is 0.334 e. The van der Waals surface area contributed by atoms with Crippen LogP contribution in [0.15, 0.2) is 48.5 Å². The smallest absolute Gasteiger partial charge is 0.254 e. The van der Waals surface area contributed by atoms with Gasteiger partial charge in [-0.15, -0.1) is 0 Å². The monoisotopic (exact) mass is 411 g/mol. The molecule has 1 saturated carbocycles. The van der Waals surface area contributed by atoms with Crippen LogP contribution < -0.4 is 11.1 Å². The van der Waals surface area contributed by atoms with E-state index in [0.717, 1.165) is 36.9 Å². The van der Waals surface area contributed by atoms with Crippen molar-refractivity contribution < 1.29 is 14.0 Å². The Morgan fingerprint density at radius 2 is 1.83 bits per heavy atom. The number of rotatable bonds is 8. The van der Waals surface area contributed by atoms with Crippen molar-refractivity contribution >= 4 is 17.5 Å². The molecule has 1 aliphatic rings. The van der Waals surface area contributed by atoms with E-state index in [2.05, 4.69) is 5.32 Å². The molecule has 0 spiro atoms. The molecule has 2 aromatic carbocycles. The molecule has 2 amide bonds. The lowest BCUT2D eigenvalue weighted by Gasteiger charge is -2.24. The van der Waals surface area contributed by atoms with Crippen LogP contribution in [0, 0.1) is 11.7 Å². The zero-order valence-corrected chi connectivity index (χ0v) is 17.3. The predicted octanol–water partition coefficient (Wildman–Crippen LogP) is 4.34. The minimum absolute atomic E-state index is 0.0719. The summed E-state index contributed by atoms with van der Waals surface area (Å²) >= 11 is 0. The molecule has 0 heterocycles. The first-order valence-electron chi connectivity index (χ1n) is 10.7. The van der Waals surface area contributed by atoms with E-state index in [9.17, 15) is 14.0 Å². The van der Waals surface area contributed by atoms with E-state index in [0.29, 0.717) is 31.6 Å². The summed E-state index contributed by atoms with van der Waals surface area (Å²) in [6.45, 7) is 1.30. The third-order valence-corrected chi connectivity index (χ3v) is 5.53. The van der Waals surface area contributed by atoms with E-state index in [1.165, 1.54) is 24.6 Å². The van der Waals surface area contributed by atoms with Crippen molar-refractivity contribution in [2.24, 2.45) is 11.7 Å². The summed E-state index contributed by atoms with van der Waals surface area (Å²) in [7, 11) is 0. The maximum absolute atomic E-state index is 13.6. The summed E-state index contributed by atoms with van der Waals surface area (Å²) in [6, 6.07) is 13.3. The molecule has 0 radical (unpaired) electrons. The highest BCUT2D eigenvalue weighted by Gasteiger charge is 2.21. The van der Waals surface area contributed by atoms with E-state index in [1.54, 1.807) is 11.0 Å². The summed E-state index contributed by atoms with van der Waals surface area (Å²) in [5, 5.41) is 3.02. The molecule has 1 fully saturated rings. The zero-order chi connectivity index (χ0) is 21.3. The highest BCUT2D eigenvalue weighted by Crippen LogP contribution is 2.25. The number of hydrogen-bond donors (Lipinski definition) is 2. The van der Waals surface area contributed by atoms with Gasteiger partial charge in [0.05, 0.1) is 0 Å². The number of hydrogen-bond acceptors (Lipinski definition) is 3. The van der Waals surface area contributed by atoms with Gasteiger partial charge in [0.1, 0.15) is 5.82 Å². The highest BCUT2D eigenvalue weighted by atomic mass is 19.1. The number of nitrogens with one attached hydrogen (secondary N) is 1. The Balaban J connectivity index is 1.70. The second-order valence-corrected chi connectivity index (χ2v) is 7.90. The molecule has 0 saturated heterocycles. The van der Waals surface area contributed by atoms with Crippen molar-refractivity contribution in [1.29, 1.82) is 0 Å². The molecule has 30 heavy (non-hydrogen) atoms. The van der Waals surface area contributed by atoms with E-state index < -0.39 is 5.82 Å². The molecule has 0 aromatic heterocycles. The van der Waals surface area contributed by atoms with Crippen molar-refractivity contribution in [3.05, 3.63) is 65.5 Å². The Kier molecular flexibility index (Phi) is 7.97. The lowest BCUT2D eigenvalue weighted by molar-refractivity contribution is -0.120. The Morgan fingerprint density at radius 3 is 2.57 bits per heavy atom. The minimum Gasteiger partial charge on any atom is -0.334 e. The van der Waals surface area contributed by atoms with Gasteiger partial charge in [-0.2, -0.15) is 0 Å². The Hall–Kier alpha value is -2.73. The Bertz CT molecular complexity index is 865. The van der Waals surface area contributed by atoms with Crippen LogP contribution in [-0.4, -0.2) is 29.8 Å². The number of nitrogens with two attached hydrogens (primary N) is 1. The SMILES string of the molecule is NCCCN(Cc1cccc(NC(=O)C2CCCCC2)c1)C(=O)c1cccc(F)c1. The number of nitrogens with zero attached hydrogens (tertiary/aromatic N) is 1. The van der Waals surface area contributed by atoms with Crippen molar-refractivity contribution in [3.63, 3.8) is 0 Å². The fraction of sp³-hybridized carbons (Fsp3) is 0.417. The normalized spacial score (nSPS) is 14.3. The zero-order valence-electron chi connectivity index (χ0n) is 17.3. The first kappa shape index (κ1) is 22.0. The van der Waals surface area contributed by atoms with Gasteiger partial charge in [0, 0.05) is 30.3 Å². The van der Waals surface area contributed by atoms with Gasteiger partial charge in [0.15, 0.2) is 0 Å². The molecule has 160 valence electrons. The fourth-order valence-electron chi connectivity index (χ4n) is 3.92. The molecule has 1 aliphatic carbocycles. The maximum atomic E-state index is 13.6. The van der Waals surface area contributed by atoms with E-state index >= 15 is 0 Å². The van der Waals surface area contributed by atoms with Crippen molar-refractivity contribution in [3.8, 4) is 0 Å². The number of amides is 2. The summed E-state index contributed by atoms with van der Waals surface area (Å²) in [5.74, 6) is -0.521. The summed E-state index contributed by atoms with van der Waals surface area (Å²) in [6.07, 6.45) is 5.96. The van der Waals surface area contributed by atoms with Crippen molar-refractivity contribution in [1.82, 2.24) is 4.90 Å². The fourth-order valence-corrected chi connectivity index (χ4v) is 3.92. The summed E-state index contributed by atoms with van der Waals surface area (Å²) < 4.78 is 13.6. The van der Waals surface area contributed by atoms with E-state index in [-0.39, 0.29) is 17.7 Å². The van der Waals surface area contributed by atoms with Crippen LogP contribution in [-0.2, 0) is 11.3 Å². The molecule has 5 nitrogen and oxygen atoms in total. The van der Waals surface area contributed by atoms with Crippen LogP contribution >= 0.6 is 0 Å². The minimum atomic E-state index is -0.438. The number of benzene rings is 2. The van der Waals surface area contributed by atoms with Gasteiger partial charge >= 0.3 is 0 Å². The summed E-state index contributed by atoms with van der Waals surface area (Å²) in [4.78, 5) is 27.1. The third-order valence-electron chi connectivity index (χ3n) is 5.53. The van der Waals surface area contributed by atoms with Gasteiger partial charge < -0.3 is 16.0 Å². The lowest BCUT2D eigenvalue weighted by atomic mass is 9.88. The van der Waals surface area contributed by atoms with Gasteiger partial charge in [-0.25, -0.2) is 4.39 Å². The van der Waals surface area contributed by atoms with Crippen LogP contribution in [0.4, 0.5) is 10.1 Å². The topological polar surface area (TPSA) is 75.4 Å². The number of carbonyl (C=O) groups excluding carboxylic acids is 2. The number of halogens is 1. The number of anilines is 1. The molecule has 0 unspecified atom stereocenters. The van der Waals surface area contributed by atoms with Crippen LogP contribution in [0.5, 0.6) is 0 Å². The van der Waals surface area contributed by atoms with Crippen LogP contribution in [0.2, 0.25) is 0 Å². The molecule has 0 bridgehead atoms. The highest BCUT2D eigenvalue weighted by molar-refractivity contribution is 5.94. The Morgan fingerprint density at radius 1 is 1.07 bits per heavy atom. The molecule has 2 aromatic rings. The van der Waals surface area contributed by atoms with Crippen LogP contribution in [0.3, 0.4) is 0 Å². The average Bonchev–Trinajstić information content (AvgIpc) is 2.77. The third kappa shape index (κ3) is 6.13. The van der Waals surface area contributed by atoms with Crippen LogP contribution in [0.1, 0.15) is 54.4 Å². The molecule has 0 atom stereocenters. The predicted molar refractivity (Wildman–Crippen MR) is 116 cm³/mol. The van der Waals surface area contributed by atoms with Gasteiger partial charge in [-0.05, 0) is 61.7 Å². The van der Waals surface area contributed by atoms with Crippen molar-refractivity contribution in [2.45, 2.75) is 45.1 Å².